The van der Waals surface area contributed by atoms with Crippen molar-refractivity contribution in [2.75, 3.05) is 39.6 Å². The van der Waals surface area contributed by atoms with Crippen LogP contribution in [0.1, 0.15) is 407 Å². The van der Waals surface area contributed by atoms with Crippen molar-refractivity contribution in [1.82, 2.24) is 0 Å². The highest BCUT2D eigenvalue weighted by molar-refractivity contribution is 7.47. The molecule has 0 aliphatic rings. The van der Waals surface area contributed by atoms with E-state index in [9.17, 15) is 43.2 Å². The van der Waals surface area contributed by atoms with E-state index in [0.29, 0.717) is 25.7 Å². The number of aliphatic hydroxyl groups is 1. The molecule has 0 aromatic carbocycles. The zero-order chi connectivity index (χ0) is 69.7. The van der Waals surface area contributed by atoms with Gasteiger partial charge in [-0.05, 0) is 25.7 Å². The lowest BCUT2D eigenvalue weighted by atomic mass is 10.0. The number of phosphoric ester groups is 2. The van der Waals surface area contributed by atoms with Crippen molar-refractivity contribution in [3.05, 3.63) is 0 Å². The van der Waals surface area contributed by atoms with Crippen molar-refractivity contribution in [1.29, 1.82) is 0 Å². The van der Waals surface area contributed by atoms with E-state index in [4.69, 9.17) is 37.0 Å². The third kappa shape index (κ3) is 70.3. The highest BCUT2D eigenvalue weighted by atomic mass is 31.2. The lowest BCUT2D eigenvalue weighted by Crippen LogP contribution is -2.30. The van der Waals surface area contributed by atoms with Gasteiger partial charge >= 0.3 is 39.5 Å². The Bertz CT molecular complexity index is 1810. The topological polar surface area (TPSA) is 237 Å². The first kappa shape index (κ1) is 93.1. The molecule has 95 heavy (non-hydrogen) atoms. The van der Waals surface area contributed by atoms with Crippen molar-refractivity contribution < 1.29 is 80.2 Å². The molecule has 0 heterocycles. The molecular weight excluding hydrogens is 1250 g/mol. The number of unbranched alkanes of at least 4 members (excludes halogenated alkanes) is 51. The number of carbonyl (C=O) groups excluding carboxylic acids is 4. The molecule has 0 aliphatic heterocycles. The van der Waals surface area contributed by atoms with Gasteiger partial charge in [0.2, 0.25) is 0 Å². The second-order valence-electron chi connectivity index (χ2n) is 27.4. The van der Waals surface area contributed by atoms with Crippen LogP contribution in [0.15, 0.2) is 0 Å². The molecule has 0 aromatic rings. The SMILES string of the molecule is CCCCCCCCCCCCCCCCCCCCC(=O)O[C@H](COC(=O)CCCCCCCCCCCCCCC)COP(=O)(O)OC[C@@H](O)COP(=O)(O)OC[C@@H](COC(=O)CCCCCCCCCCCCCC)OC(=O)CCCCCCCCCCCCCC. The van der Waals surface area contributed by atoms with Crippen LogP contribution in [0.5, 0.6) is 0 Å². The van der Waals surface area contributed by atoms with Crippen molar-refractivity contribution in [3.8, 4) is 0 Å². The molecule has 17 nitrogen and oxygen atoms in total. The van der Waals surface area contributed by atoms with Gasteiger partial charge in [-0.1, -0.05) is 355 Å². The molecule has 19 heteroatoms. The number of carbonyl (C=O) groups is 4. The van der Waals surface area contributed by atoms with Gasteiger partial charge in [-0.25, -0.2) is 9.13 Å². The highest BCUT2D eigenvalue weighted by Crippen LogP contribution is 2.45. The van der Waals surface area contributed by atoms with E-state index in [1.54, 1.807) is 0 Å². The number of hydrogen-bond acceptors (Lipinski definition) is 15. The number of esters is 4. The number of hydrogen-bond donors (Lipinski definition) is 3. The largest absolute Gasteiger partial charge is 0.472 e. The second-order valence-corrected chi connectivity index (χ2v) is 30.3. The predicted octanol–water partition coefficient (Wildman–Crippen LogP) is 22.6. The monoisotopic (exact) mass is 1400 g/mol. The van der Waals surface area contributed by atoms with Crippen molar-refractivity contribution in [2.45, 2.75) is 425 Å². The molecular formula is C76H148O17P2. The number of rotatable bonds is 77. The van der Waals surface area contributed by atoms with Crippen molar-refractivity contribution >= 4 is 39.5 Å². The molecule has 2 unspecified atom stereocenters. The maximum absolute atomic E-state index is 13.1. The maximum Gasteiger partial charge on any atom is 0.472 e. The lowest BCUT2D eigenvalue weighted by molar-refractivity contribution is -0.161. The van der Waals surface area contributed by atoms with Crippen LogP contribution < -0.4 is 0 Å². The van der Waals surface area contributed by atoms with Gasteiger partial charge in [0.05, 0.1) is 26.4 Å². The maximum atomic E-state index is 13.1. The van der Waals surface area contributed by atoms with E-state index < -0.39 is 97.5 Å². The minimum Gasteiger partial charge on any atom is -0.462 e. The van der Waals surface area contributed by atoms with Crippen LogP contribution in [0.25, 0.3) is 0 Å². The third-order valence-corrected chi connectivity index (χ3v) is 19.8. The Balaban J connectivity index is 5.24. The highest BCUT2D eigenvalue weighted by Gasteiger charge is 2.30. The summed E-state index contributed by atoms with van der Waals surface area (Å²) in [5, 5.41) is 10.6. The molecule has 564 valence electrons. The van der Waals surface area contributed by atoms with E-state index in [2.05, 4.69) is 27.7 Å². The average Bonchev–Trinajstić information content (AvgIpc) is 2.06. The van der Waals surface area contributed by atoms with Gasteiger partial charge in [0.25, 0.3) is 0 Å². The van der Waals surface area contributed by atoms with Crippen LogP contribution in [0.3, 0.4) is 0 Å². The van der Waals surface area contributed by atoms with Crippen molar-refractivity contribution in [2.24, 2.45) is 0 Å². The molecule has 0 aliphatic carbocycles. The zero-order valence-corrected chi connectivity index (χ0v) is 63.4. The Labute approximate surface area is 581 Å². The van der Waals surface area contributed by atoms with Crippen LogP contribution in [0.2, 0.25) is 0 Å². The molecule has 0 spiro atoms. The van der Waals surface area contributed by atoms with E-state index in [0.717, 1.165) is 89.9 Å². The molecule has 0 saturated carbocycles. The van der Waals surface area contributed by atoms with Crippen LogP contribution in [0.4, 0.5) is 0 Å². The van der Waals surface area contributed by atoms with E-state index in [1.807, 2.05) is 0 Å². The summed E-state index contributed by atoms with van der Waals surface area (Å²) in [5.41, 5.74) is 0. The Hall–Kier alpha value is -1.94. The van der Waals surface area contributed by atoms with Crippen LogP contribution >= 0.6 is 15.6 Å². The first-order valence-corrected chi connectivity index (χ1v) is 42.8. The third-order valence-electron chi connectivity index (χ3n) is 17.9. The fourth-order valence-corrected chi connectivity index (χ4v) is 13.3. The Morgan fingerprint density at radius 2 is 0.421 bits per heavy atom. The normalized spacial score (nSPS) is 13.9. The van der Waals surface area contributed by atoms with Gasteiger partial charge in [0, 0.05) is 25.7 Å². The summed E-state index contributed by atoms with van der Waals surface area (Å²) in [6.45, 7) is 5.00. The van der Waals surface area contributed by atoms with Gasteiger partial charge in [-0.2, -0.15) is 0 Å². The average molecular weight is 1400 g/mol. The summed E-state index contributed by atoms with van der Waals surface area (Å²) < 4.78 is 68.5. The minimum atomic E-state index is -4.96. The van der Waals surface area contributed by atoms with Crippen molar-refractivity contribution in [3.63, 3.8) is 0 Å². The standard InChI is InChI=1S/C76H148O17P2/c1-5-9-13-17-21-25-29-33-34-35-36-37-39-43-47-51-55-59-63-76(81)93-72(67-87-74(79)61-57-53-49-45-42-38-30-26-22-18-14-10-6-2)69-91-95(84,85)89-65-70(77)64-88-94(82,83)90-68-71(92-75(80)62-58-54-50-46-41-32-28-24-20-16-12-8-4)66-86-73(78)60-56-52-48-44-40-31-27-23-19-15-11-7-3/h70-72,77H,5-69H2,1-4H3,(H,82,83)(H,84,85)/t70-,71+,72+/m0/s1. The predicted molar refractivity (Wildman–Crippen MR) is 386 cm³/mol. The molecule has 0 bridgehead atoms. The fourth-order valence-electron chi connectivity index (χ4n) is 11.8. The molecule has 5 atom stereocenters. The summed E-state index contributed by atoms with van der Waals surface area (Å²) in [6.07, 6.45) is 60.8. The minimum absolute atomic E-state index is 0.108. The molecule has 0 aromatic heterocycles. The Morgan fingerprint density at radius 1 is 0.253 bits per heavy atom. The molecule has 3 N–H and O–H groups in total. The fraction of sp³-hybridized carbons (Fsp3) is 0.947. The summed E-state index contributed by atoms with van der Waals surface area (Å²) in [5.74, 6) is -2.11. The zero-order valence-electron chi connectivity index (χ0n) is 61.6. The lowest BCUT2D eigenvalue weighted by Gasteiger charge is -2.21. The molecule has 0 radical (unpaired) electrons. The van der Waals surface area contributed by atoms with Gasteiger partial charge in [0.1, 0.15) is 19.3 Å². The molecule has 0 fully saturated rings. The van der Waals surface area contributed by atoms with Gasteiger partial charge in [-0.3, -0.25) is 37.3 Å². The van der Waals surface area contributed by atoms with Crippen LogP contribution in [0, 0.1) is 0 Å². The molecule has 0 rings (SSSR count). The quantitative estimate of drug-likeness (QED) is 0.0222. The van der Waals surface area contributed by atoms with E-state index in [1.165, 1.54) is 238 Å². The first-order valence-electron chi connectivity index (χ1n) is 39.8. The number of phosphoric acid groups is 2. The van der Waals surface area contributed by atoms with Gasteiger partial charge in [-0.15, -0.1) is 0 Å². The molecule has 0 amide bonds. The summed E-state index contributed by atoms with van der Waals surface area (Å²) >= 11 is 0. The van der Waals surface area contributed by atoms with Crippen LogP contribution in [-0.2, 0) is 65.4 Å². The summed E-state index contributed by atoms with van der Waals surface area (Å²) in [7, 11) is -9.91. The van der Waals surface area contributed by atoms with E-state index in [-0.39, 0.29) is 25.7 Å². The first-order chi connectivity index (χ1) is 46.2. The van der Waals surface area contributed by atoms with Gasteiger partial charge < -0.3 is 33.8 Å². The Morgan fingerprint density at radius 3 is 0.621 bits per heavy atom. The summed E-state index contributed by atoms with van der Waals surface area (Å²) in [4.78, 5) is 72.8. The number of ether oxygens (including phenoxy) is 4. The molecule has 0 saturated heterocycles. The van der Waals surface area contributed by atoms with Crippen LogP contribution in [-0.4, -0.2) is 96.7 Å². The smallest absolute Gasteiger partial charge is 0.462 e. The summed E-state index contributed by atoms with van der Waals surface area (Å²) in [6, 6.07) is 0. The number of aliphatic hydroxyl groups excluding tert-OH is 1. The second kappa shape index (κ2) is 70.5. The Kier molecular flexibility index (Phi) is 69.1. The van der Waals surface area contributed by atoms with Gasteiger partial charge in [0.15, 0.2) is 12.2 Å². The van der Waals surface area contributed by atoms with E-state index >= 15 is 0 Å².